The number of thiazole rings is 2. The van der Waals surface area contributed by atoms with Crippen molar-refractivity contribution in [1.29, 1.82) is 0 Å². The third-order valence-electron chi connectivity index (χ3n) is 4.76. The predicted molar refractivity (Wildman–Crippen MR) is 115 cm³/mol. The van der Waals surface area contributed by atoms with Crippen molar-refractivity contribution in [3.05, 3.63) is 42.2 Å². The lowest BCUT2D eigenvalue weighted by Gasteiger charge is -2.34. The van der Waals surface area contributed by atoms with E-state index in [0.29, 0.717) is 5.52 Å². The summed E-state index contributed by atoms with van der Waals surface area (Å²) in [5.41, 5.74) is 1.55. The molecule has 0 bridgehead atoms. The van der Waals surface area contributed by atoms with E-state index in [1.165, 1.54) is 15.7 Å². The van der Waals surface area contributed by atoms with Gasteiger partial charge in [-0.05, 0) is 36.6 Å². The van der Waals surface area contributed by atoms with Crippen molar-refractivity contribution in [1.82, 2.24) is 9.97 Å². The van der Waals surface area contributed by atoms with Crippen molar-refractivity contribution >= 4 is 65.1 Å². The van der Waals surface area contributed by atoms with Crippen LogP contribution in [-0.2, 0) is 0 Å². The Labute approximate surface area is 168 Å². The monoisotopic (exact) mass is 416 g/mol. The zero-order chi connectivity index (χ0) is 18.4. The molecule has 1 fully saturated rings. The Bertz CT molecular complexity index is 1110. The lowest BCUT2D eigenvalue weighted by Crippen LogP contribution is -2.46. The molecule has 138 valence electrons. The number of anilines is 2. The molecule has 0 unspecified atom stereocenters. The number of thioether (sulfide) groups is 1. The van der Waals surface area contributed by atoms with Crippen LogP contribution in [0.4, 0.5) is 14.7 Å². The highest BCUT2D eigenvalue weighted by Crippen LogP contribution is 2.34. The number of hydrogen-bond donors (Lipinski definition) is 0. The van der Waals surface area contributed by atoms with Gasteiger partial charge in [-0.1, -0.05) is 28.7 Å². The van der Waals surface area contributed by atoms with Crippen molar-refractivity contribution in [2.45, 2.75) is 4.90 Å². The Kier molecular flexibility index (Phi) is 4.41. The number of nitrogens with zero attached hydrogens (tertiary/aromatic N) is 4. The van der Waals surface area contributed by atoms with Gasteiger partial charge in [-0.3, -0.25) is 0 Å². The van der Waals surface area contributed by atoms with Crippen molar-refractivity contribution in [2.24, 2.45) is 0 Å². The zero-order valence-corrected chi connectivity index (χ0v) is 17.1. The van der Waals surface area contributed by atoms with E-state index in [-0.39, 0.29) is 5.82 Å². The molecule has 0 radical (unpaired) electrons. The SMILES string of the molecule is CSc1ccc2nc(N3CCN(c4nc5c(F)cccc5s4)CC3)sc2c1. The smallest absolute Gasteiger partial charge is 0.186 e. The predicted octanol–water partition coefficient (Wildman–Crippen LogP) is 5.09. The Morgan fingerprint density at radius 1 is 0.926 bits per heavy atom. The fraction of sp³-hybridized carbons (Fsp3) is 0.263. The van der Waals surface area contributed by atoms with E-state index in [1.807, 2.05) is 6.07 Å². The maximum Gasteiger partial charge on any atom is 0.186 e. The van der Waals surface area contributed by atoms with Gasteiger partial charge in [0.1, 0.15) is 11.3 Å². The van der Waals surface area contributed by atoms with Gasteiger partial charge in [0.05, 0.1) is 14.9 Å². The number of fused-ring (bicyclic) bond motifs is 2. The average Bonchev–Trinajstić information content (AvgIpc) is 3.32. The molecule has 2 aromatic heterocycles. The number of benzene rings is 2. The largest absolute Gasteiger partial charge is 0.345 e. The van der Waals surface area contributed by atoms with Gasteiger partial charge in [-0.2, -0.15) is 0 Å². The molecule has 1 saturated heterocycles. The van der Waals surface area contributed by atoms with Crippen molar-refractivity contribution in [3.8, 4) is 0 Å². The lowest BCUT2D eigenvalue weighted by atomic mass is 10.3. The molecule has 8 heteroatoms. The summed E-state index contributed by atoms with van der Waals surface area (Å²) < 4.78 is 16.1. The molecular weight excluding hydrogens is 399 g/mol. The minimum Gasteiger partial charge on any atom is -0.345 e. The van der Waals surface area contributed by atoms with Gasteiger partial charge in [-0.15, -0.1) is 11.8 Å². The highest BCUT2D eigenvalue weighted by molar-refractivity contribution is 7.98. The van der Waals surface area contributed by atoms with Crippen LogP contribution in [0.15, 0.2) is 41.3 Å². The van der Waals surface area contributed by atoms with Crippen LogP contribution in [-0.4, -0.2) is 42.4 Å². The molecule has 0 amide bonds. The Hall–Kier alpha value is -1.90. The van der Waals surface area contributed by atoms with Gasteiger partial charge in [0.2, 0.25) is 0 Å². The minimum atomic E-state index is -0.243. The van der Waals surface area contributed by atoms with Crippen LogP contribution in [0.25, 0.3) is 20.4 Å². The molecule has 4 aromatic rings. The number of rotatable bonds is 3. The van der Waals surface area contributed by atoms with E-state index in [0.717, 1.165) is 46.7 Å². The van der Waals surface area contributed by atoms with E-state index in [1.54, 1.807) is 40.5 Å². The Morgan fingerprint density at radius 3 is 2.33 bits per heavy atom. The Balaban J connectivity index is 1.34. The lowest BCUT2D eigenvalue weighted by molar-refractivity contribution is 0.635. The molecule has 2 aromatic carbocycles. The number of halogens is 1. The fourth-order valence-corrected chi connectivity index (χ4v) is 5.89. The van der Waals surface area contributed by atoms with E-state index in [9.17, 15) is 4.39 Å². The number of piperazine rings is 1. The Morgan fingerprint density at radius 2 is 1.63 bits per heavy atom. The van der Waals surface area contributed by atoms with Crippen LogP contribution in [0.2, 0.25) is 0 Å². The first kappa shape index (κ1) is 17.2. The molecule has 5 rings (SSSR count). The second-order valence-corrected chi connectivity index (χ2v) is 9.29. The second-order valence-electron chi connectivity index (χ2n) is 6.39. The van der Waals surface area contributed by atoms with Gasteiger partial charge < -0.3 is 9.80 Å². The third kappa shape index (κ3) is 3.15. The molecule has 4 nitrogen and oxygen atoms in total. The van der Waals surface area contributed by atoms with E-state index >= 15 is 0 Å². The van der Waals surface area contributed by atoms with Crippen LogP contribution in [0.3, 0.4) is 0 Å². The van der Waals surface area contributed by atoms with Gasteiger partial charge in [0, 0.05) is 31.1 Å². The summed E-state index contributed by atoms with van der Waals surface area (Å²) in [7, 11) is 0. The van der Waals surface area contributed by atoms with Crippen LogP contribution in [0.1, 0.15) is 0 Å². The van der Waals surface area contributed by atoms with Gasteiger partial charge in [-0.25, -0.2) is 14.4 Å². The number of hydrogen-bond acceptors (Lipinski definition) is 7. The second kappa shape index (κ2) is 6.92. The topological polar surface area (TPSA) is 32.3 Å². The summed E-state index contributed by atoms with van der Waals surface area (Å²) >= 11 is 5.08. The maximum atomic E-state index is 13.9. The quantitative estimate of drug-likeness (QED) is 0.434. The molecule has 0 spiro atoms. The molecule has 0 aliphatic carbocycles. The summed E-state index contributed by atoms with van der Waals surface area (Å²) in [4.78, 5) is 15.2. The third-order valence-corrected chi connectivity index (χ3v) is 7.65. The van der Waals surface area contributed by atoms with Crippen LogP contribution in [0.5, 0.6) is 0 Å². The van der Waals surface area contributed by atoms with E-state index in [4.69, 9.17) is 4.98 Å². The normalized spacial score (nSPS) is 15.2. The van der Waals surface area contributed by atoms with Gasteiger partial charge in [0.25, 0.3) is 0 Å². The average molecular weight is 417 g/mol. The van der Waals surface area contributed by atoms with Crippen LogP contribution < -0.4 is 9.80 Å². The first-order chi connectivity index (χ1) is 13.2. The van der Waals surface area contributed by atoms with E-state index in [2.05, 4.69) is 39.2 Å². The molecule has 3 heterocycles. The van der Waals surface area contributed by atoms with Crippen LogP contribution >= 0.6 is 34.4 Å². The minimum absolute atomic E-state index is 0.243. The highest BCUT2D eigenvalue weighted by Gasteiger charge is 2.22. The summed E-state index contributed by atoms with van der Waals surface area (Å²) in [6.45, 7) is 3.53. The number of para-hydroxylation sites is 1. The number of aromatic nitrogens is 2. The molecular formula is C19H17FN4S3. The first-order valence-electron chi connectivity index (χ1n) is 8.71. The fourth-order valence-electron chi connectivity index (χ4n) is 3.28. The molecule has 1 aliphatic heterocycles. The highest BCUT2D eigenvalue weighted by atomic mass is 32.2. The molecule has 0 atom stereocenters. The summed E-state index contributed by atoms with van der Waals surface area (Å²) in [6, 6.07) is 11.6. The summed E-state index contributed by atoms with van der Waals surface area (Å²) in [6.07, 6.45) is 2.09. The van der Waals surface area contributed by atoms with Crippen LogP contribution in [0, 0.1) is 5.82 Å². The standard InChI is InChI=1S/C19H17FN4S3/c1-25-12-5-6-14-16(11-12)27-18(21-14)23-7-9-24(10-8-23)19-22-17-13(20)3-2-4-15(17)26-19/h2-6,11H,7-10H2,1H3. The zero-order valence-electron chi connectivity index (χ0n) is 14.7. The first-order valence-corrected chi connectivity index (χ1v) is 11.6. The summed E-state index contributed by atoms with van der Waals surface area (Å²) in [5.74, 6) is -0.243. The van der Waals surface area contributed by atoms with Crippen molar-refractivity contribution in [3.63, 3.8) is 0 Å². The molecule has 0 N–H and O–H groups in total. The molecule has 27 heavy (non-hydrogen) atoms. The van der Waals surface area contributed by atoms with Crippen molar-refractivity contribution < 1.29 is 4.39 Å². The molecule has 0 saturated carbocycles. The van der Waals surface area contributed by atoms with E-state index < -0.39 is 0 Å². The van der Waals surface area contributed by atoms with Gasteiger partial charge >= 0.3 is 0 Å². The maximum absolute atomic E-state index is 13.9. The van der Waals surface area contributed by atoms with Gasteiger partial charge in [0.15, 0.2) is 10.3 Å². The molecule has 1 aliphatic rings. The van der Waals surface area contributed by atoms with Crippen molar-refractivity contribution in [2.75, 3.05) is 42.2 Å². The summed E-state index contributed by atoms with van der Waals surface area (Å²) in [5, 5.41) is 1.99.